The Labute approximate surface area is 128 Å². The van der Waals surface area contributed by atoms with Gasteiger partial charge < -0.3 is 5.11 Å². The van der Waals surface area contributed by atoms with E-state index >= 15 is 0 Å². The van der Waals surface area contributed by atoms with Crippen LogP contribution in [0.25, 0.3) is 16.8 Å². The van der Waals surface area contributed by atoms with Crippen molar-refractivity contribution in [1.29, 1.82) is 0 Å². The number of nitrogens with zero attached hydrogens (tertiary/aromatic N) is 3. The summed E-state index contributed by atoms with van der Waals surface area (Å²) < 4.78 is 14.8. The molecule has 1 aromatic heterocycles. The number of aliphatic hydroxyl groups is 1. The Morgan fingerprint density at radius 3 is 2.73 bits per heavy atom. The molecule has 22 heavy (non-hydrogen) atoms. The van der Waals surface area contributed by atoms with E-state index in [1.807, 2.05) is 12.3 Å². The highest BCUT2D eigenvalue weighted by molar-refractivity contribution is 5.92. The van der Waals surface area contributed by atoms with Crippen LogP contribution in [0.5, 0.6) is 0 Å². The molecule has 1 aromatic carbocycles. The molecule has 0 radical (unpaired) electrons. The van der Waals surface area contributed by atoms with Crippen molar-refractivity contribution in [2.45, 2.75) is 6.54 Å². The maximum absolute atomic E-state index is 13.1. The highest BCUT2D eigenvalue weighted by Gasteiger charge is 2.13. The van der Waals surface area contributed by atoms with Crippen LogP contribution in [0.1, 0.15) is 5.56 Å². The van der Waals surface area contributed by atoms with Gasteiger partial charge in [0.05, 0.1) is 13.2 Å². The van der Waals surface area contributed by atoms with Gasteiger partial charge in [-0.05, 0) is 35.9 Å². The fourth-order valence-electron chi connectivity index (χ4n) is 2.09. The van der Waals surface area contributed by atoms with Crippen molar-refractivity contribution in [3.05, 3.63) is 60.6 Å². The summed E-state index contributed by atoms with van der Waals surface area (Å²) >= 11 is 0. The molecule has 114 valence electrons. The van der Waals surface area contributed by atoms with Crippen LogP contribution < -0.4 is 0 Å². The van der Waals surface area contributed by atoms with Crippen molar-refractivity contribution in [3.8, 4) is 11.3 Å². The normalized spacial score (nSPS) is 12.0. The van der Waals surface area contributed by atoms with Crippen LogP contribution in [0.15, 0.2) is 54.2 Å². The van der Waals surface area contributed by atoms with Crippen molar-refractivity contribution in [2.75, 3.05) is 13.7 Å². The first-order chi connectivity index (χ1) is 10.7. The summed E-state index contributed by atoms with van der Waals surface area (Å²) in [7, 11) is 1.69. The van der Waals surface area contributed by atoms with Gasteiger partial charge >= 0.3 is 0 Å². The lowest BCUT2D eigenvalue weighted by atomic mass is 10.0. The fraction of sp³-hybridized carbons (Fsp3) is 0.176. The molecule has 5 heteroatoms. The zero-order chi connectivity index (χ0) is 15.9. The number of rotatable bonds is 6. The van der Waals surface area contributed by atoms with Crippen LogP contribution in [-0.4, -0.2) is 34.8 Å². The van der Waals surface area contributed by atoms with Gasteiger partial charge in [-0.2, -0.15) is 5.10 Å². The molecular weight excluding hydrogens is 281 g/mol. The number of halogens is 1. The summed E-state index contributed by atoms with van der Waals surface area (Å²) in [6.45, 7) is 4.20. The van der Waals surface area contributed by atoms with Crippen molar-refractivity contribution >= 4 is 11.8 Å². The van der Waals surface area contributed by atoms with E-state index in [0.717, 1.165) is 16.7 Å². The lowest BCUT2D eigenvalue weighted by molar-refractivity contribution is 0.269. The summed E-state index contributed by atoms with van der Waals surface area (Å²) in [6, 6.07) is 6.15. The number of aliphatic hydroxyl groups excluding tert-OH is 1. The van der Waals surface area contributed by atoms with Gasteiger partial charge in [0.2, 0.25) is 0 Å². The molecule has 0 spiro atoms. The molecule has 0 saturated heterocycles. The predicted octanol–water partition coefficient (Wildman–Crippen LogP) is 2.95. The van der Waals surface area contributed by atoms with Gasteiger partial charge in [-0.15, -0.1) is 0 Å². The van der Waals surface area contributed by atoms with Gasteiger partial charge in [-0.25, -0.2) is 4.39 Å². The van der Waals surface area contributed by atoms with E-state index in [4.69, 9.17) is 5.11 Å². The molecule has 4 nitrogen and oxygen atoms in total. The monoisotopic (exact) mass is 299 g/mol. The molecular formula is C17H18FN3O. The summed E-state index contributed by atoms with van der Waals surface area (Å²) in [5.74, 6) is -0.294. The standard InChI is InChI=1S/C17H18FN3O/c1-3-13(8-9-19-2)16-12-21(10-11-22)20-17(16)14-4-6-15(18)7-5-14/h3-9,12,22H,1,10-11H2,2H3/b13-8+,19-9?. The van der Waals surface area contributed by atoms with E-state index in [1.165, 1.54) is 12.1 Å². The maximum atomic E-state index is 13.1. The van der Waals surface area contributed by atoms with Gasteiger partial charge in [0.15, 0.2) is 0 Å². The highest BCUT2D eigenvalue weighted by atomic mass is 19.1. The first kappa shape index (κ1) is 15.9. The summed E-state index contributed by atoms with van der Waals surface area (Å²) in [6.07, 6.45) is 7.07. The Morgan fingerprint density at radius 1 is 1.41 bits per heavy atom. The van der Waals surface area contributed by atoms with Crippen molar-refractivity contribution < 1.29 is 9.50 Å². The Hall–Kier alpha value is -2.53. The Bertz CT molecular complexity index is 699. The number of aliphatic imine (C=N–C) groups is 1. The van der Waals surface area contributed by atoms with E-state index in [-0.39, 0.29) is 12.4 Å². The third-order valence-electron chi connectivity index (χ3n) is 3.14. The van der Waals surface area contributed by atoms with Crippen molar-refractivity contribution in [1.82, 2.24) is 9.78 Å². The molecule has 0 unspecified atom stereocenters. The molecule has 0 fully saturated rings. The van der Waals surface area contributed by atoms with Crippen LogP contribution in [-0.2, 0) is 6.54 Å². The highest BCUT2D eigenvalue weighted by Crippen LogP contribution is 2.28. The van der Waals surface area contributed by atoms with Crippen molar-refractivity contribution in [3.63, 3.8) is 0 Å². The molecule has 1 heterocycles. The number of aromatic nitrogens is 2. The van der Waals surface area contributed by atoms with Crippen LogP contribution in [0, 0.1) is 5.82 Å². The first-order valence-electron chi connectivity index (χ1n) is 6.89. The predicted molar refractivity (Wildman–Crippen MR) is 87.3 cm³/mol. The topological polar surface area (TPSA) is 50.4 Å². The van der Waals surface area contributed by atoms with Crippen LogP contribution >= 0.6 is 0 Å². The molecule has 0 saturated carbocycles. The van der Waals surface area contributed by atoms with Gasteiger partial charge in [-0.1, -0.05) is 12.7 Å². The minimum absolute atomic E-state index is 0.00642. The van der Waals surface area contributed by atoms with Crippen LogP contribution in [0.4, 0.5) is 4.39 Å². The third-order valence-corrected chi connectivity index (χ3v) is 3.14. The molecule has 2 rings (SSSR count). The largest absolute Gasteiger partial charge is 0.394 e. The van der Waals surface area contributed by atoms with Crippen LogP contribution in [0.3, 0.4) is 0 Å². The summed E-state index contributed by atoms with van der Waals surface area (Å²) in [5.41, 5.74) is 3.22. The second-order valence-electron chi connectivity index (χ2n) is 4.62. The fourth-order valence-corrected chi connectivity index (χ4v) is 2.09. The van der Waals surface area contributed by atoms with E-state index in [2.05, 4.69) is 16.7 Å². The molecule has 0 aliphatic heterocycles. The number of benzene rings is 1. The van der Waals surface area contributed by atoms with Gasteiger partial charge in [0.25, 0.3) is 0 Å². The Morgan fingerprint density at radius 2 is 2.14 bits per heavy atom. The Kier molecular flexibility index (Phi) is 5.38. The molecule has 0 aliphatic rings. The SMILES string of the molecule is C=C/C(=C\C=NC)c1cn(CCO)nc1-c1ccc(F)cc1. The summed E-state index contributed by atoms with van der Waals surface area (Å²) in [4.78, 5) is 3.94. The van der Waals surface area contributed by atoms with E-state index in [1.54, 1.807) is 36.2 Å². The zero-order valence-corrected chi connectivity index (χ0v) is 12.4. The Balaban J connectivity index is 2.55. The summed E-state index contributed by atoms with van der Waals surface area (Å²) in [5, 5.41) is 13.6. The maximum Gasteiger partial charge on any atom is 0.123 e. The third kappa shape index (κ3) is 3.56. The van der Waals surface area contributed by atoms with Gasteiger partial charge in [-0.3, -0.25) is 9.67 Å². The lowest BCUT2D eigenvalue weighted by Gasteiger charge is -2.03. The smallest absolute Gasteiger partial charge is 0.123 e. The molecule has 0 aliphatic carbocycles. The van der Waals surface area contributed by atoms with Crippen LogP contribution in [0.2, 0.25) is 0 Å². The number of hydrogen-bond acceptors (Lipinski definition) is 3. The second-order valence-corrected chi connectivity index (χ2v) is 4.62. The average molecular weight is 299 g/mol. The second kappa shape index (κ2) is 7.47. The molecule has 1 N–H and O–H groups in total. The number of hydrogen-bond donors (Lipinski definition) is 1. The minimum atomic E-state index is -0.294. The quantitative estimate of drug-likeness (QED) is 0.658. The molecule has 0 amide bonds. The molecule has 0 atom stereocenters. The lowest BCUT2D eigenvalue weighted by Crippen LogP contribution is -2.02. The average Bonchev–Trinajstić information content (AvgIpc) is 2.93. The molecule has 2 aromatic rings. The van der Waals surface area contributed by atoms with E-state index < -0.39 is 0 Å². The first-order valence-corrected chi connectivity index (χ1v) is 6.89. The van der Waals surface area contributed by atoms with E-state index in [0.29, 0.717) is 12.2 Å². The van der Waals surface area contributed by atoms with E-state index in [9.17, 15) is 4.39 Å². The number of allylic oxidation sites excluding steroid dienone is 3. The van der Waals surface area contributed by atoms with Crippen molar-refractivity contribution in [2.24, 2.45) is 4.99 Å². The van der Waals surface area contributed by atoms with Gasteiger partial charge in [0, 0.05) is 30.6 Å². The van der Waals surface area contributed by atoms with Gasteiger partial charge in [0.1, 0.15) is 11.5 Å². The minimum Gasteiger partial charge on any atom is -0.394 e. The molecule has 0 bridgehead atoms. The zero-order valence-electron chi connectivity index (χ0n) is 12.4.